The maximum Gasteiger partial charge on any atom is 0.263 e. The molecule has 4 aromatic rings. The van der Waals surface area contributed by atoms with Crippen molar-refractivity contribution < 1.29 is 13.2 Å². The number of hydrogen-bond acceptors (Lipinski definition) is 9. The number of aromatic nitrogens is 3. The number of carbonyl (C=O) groups is 1. The zero-order chi connectivity index (χ0) is 27.2. The summed E-state index contributed by atoms with van der Waals surface area (Å²) in [6.45, 7) is 1.75. The predicted octanol–water partition coefficient (Wildman–Crippen LogP) is 5.53. The number of aldehydes is 1. The molecule has 1 aliphatic rings. The van der Waals surface area contributed by atoms with Crippen LogP contribution in [-0.2, 0) is 14.8 Å². The Kier molecular flexibility index (Phi) is 7.84. The molecule has 0 atom stereocenters. The van der Waals surface area contributed by atoms with Crippen LogP contribution < -0.4 is 4.72 Å². The number of benzene rings is 2. The summed E-state index contributed by atoms with van der Waals surface area (Å²) < 4.78 is 29.5. The fourth-order valence-corrected chi connectivity index (χ4v) is 5.50. The van der Waals surface area contributed by atoms with Gasteiger partial charge in [-0.2, -0.15) is 4.68 Å². The molecule has 198 valence electrons. The molecule has 0 aliphatic carbocycles. The molecule has 1 saturated heterocycles. The van der Waals surface area contributed by atoms with E-state index in [4.69, 9.17) is 12.2 Å². The van der Waals surface area contributed by atoms with Crippen LogP contribution in [0.2, 0.25) is 0 Å². The molecule has 10 nitrogen and oxygen atoms in total. The number of rotatable bonds is 8. The molecule has 0 unspecified atom stereocenters. The van der Waals surface area contributed by atoms with Crippen LogP contribution in [0.25, 0.3) is 16.6 Å². The number of allylic oxidation sites excluding steroid dienone is 1. The zero-order valence-electron chi connectivity index (χ0n) is 20.8. The third kappa shape index (κ3) is 6.07. The Balaban J connectivity index is 1.47. The number of carbonyl (C=O) groups excluding carboxylic acids is 1. The highest BCUT2D eigenvalue weighted by atomic mass is 32.2. The number of likely N-dealkylation sites (tertiary alicyclic amines) is 1. The van der Waals surface area contributed by atoms with E-state index in [0.29, 0.717) is 28.0 Å². The Hall–Kier alpha value is -4.29. The summed E-state index contributed by atoms with van der Waals surface area (Å²) >= 11 is 5.71. The molecule has 1 N–H and O–H groups in total. The van der Waals surface area contributed by atoms with Crippen LogP contribution in [0.4, 0.5) is 11.5 Å². The lowest BCUT2D eigenvalue weighted by atomic mass is 10.1. The molecule has 0 bridgehead atoms. The maximum atomic E-state index is 12.7. The third-order valence-corrected chi connectivity index (χ3v) is 7.89. The van der Waals surface area contributed by atoms with E-state index in [9.17, 15) is 13.2 Å². The molecule has 1 aliphatic heterocycles. The van der Waals surface area contributed by atoms with Crippen LogP contribution in [0.15, 0.2) is 94.4 Å². The lowest BCUT2D eigenvalue weighted by Gasteiger charge is -2.25. The van der Waals surface area contributed by atoms with Gasteiger partial charge in [-0.25, -0.2) is 18.4 Å². The monoisotopic (exact) mass is 559 g/mol. The highest BCUT2D eigenvalue weighted by Gasteiger charge is 2.16. The Morgan fingerprint density at radius 3 is 2.44 bits per heavy atom. The van der Waals surface area contributed by atoms with Crippen LogP contribution in [0.5, 0.6) is 0 Å². The largest absolute Gasteiger partial charge is 0.377 e. The zero-order valence-corrected chi connectivity index (χ0v) is 22.5. The summed E-state index contributed by atoms with van der Waals surface area (Å²) in [6, 6.07) is 18.2. The van der Waals surface area contributed by atoms with Crippen molar-refractivity contribution in [2.45, 2.75) is 24.2 Å². The SMILES string of the molecule is O=C/C(=C\N1CCCCC1)c1nc2ccccc2n(N=Nc2ccc(S(=O)(=O)Nc3ccccn3)cc2)c1=S. The number of nitrogens with zero attached hydrogens (tertiary/aromatic N) is 6. The van der Waals surface area contributed by atoms with E-state index in [1.54, 1.807) is 18.2 Å². The molecule has 12 heteroatoms. The number of anilines is 1. The van der Waals surface area contributed by atoms with E-state index in [1.165, 1.54) is 41.6 Å². The molecular formula is C27H25N7O3S2. The van der Waals surface area contributed by atoms with Crippen molar-refractivity contribution >= 4 is 56.6 Å². The average Bonchev–Trinajstić information content (AvgIpc) is 2.96. The lowest BCUT2D eigenvalue weighted by molar-refractivity contribution is -0.103. The number of hydrogen-bond donors (Lipinski definition) is 1. The summed E-state index contributed by atoms with van der Waals surface area (Å²) in [5, 5.41) is 8.64. The molecule has 2 aromatic heterocycles. The first-order valence-corrected chi connectivity index (χ1v) is 14.2. The first kappa shape index (κ1) is 26.3. The van der Waals surface area contributed by atoms with E-state index in [0.717, 1.165) is 32.2 Å². The average molecular weight is 560 g/mol. The second-order valence-corrected chi connectivity index (χ2v) is 10.9. The normalized spacial score (nSPS) is 14.6. The second-order valence-electron chi connectivity index (χ2n) is 8.87. The van der Waals surface area contributed by atoms with Crippen LogP contribution in [0, 0.1) is 4.64 Å². The second kappa shape index (κ2) is 11.6. The Labute approximate surface area is 230 Å². The van der Waals surface area contributed by atoms with Gasteiger partial charge in [0.05, 0.1) is 27.2 Å². The molecule has 0 radical (unpaired) electrons. The minimum absolute atomic E-state index is 0.0545. The lowest BCUT2D eigenvalue weighted by Crippen LogP contribution is -2.25. The van der Waals surface area contributed by atoms with E-state index >= 15 is 0 Å². The Morgan fingerprint density at radius 2 is 1.72 bits per heavy atom. The minimum Gasteiger partial charge on any atom is -0.377 e. The van der Waals surface area contributed by atoms with Gasteiger partial charge in [-0.05, 0) is 67.8 Å². The predicted molar refractivity (Wildman–Crippen MR) is 151 cm³/mol. The molecule has 3 heterocycles. The van der Waals surface area contributed by atoms with Gasteiger partial charge in [0.25, 0.3) is 10.0 Å². The fraction of sp³-hybridized carbons (Fsp3) is 0.185. The number of nitrogens with one attached hydrogen (secondary N) is 1. The van der Waals surface area contributed by atoms with Crippen molar-refractivity contribution in [3.8, 4) is 0 Å². The van der Waals surface area contributed by atoms with E-state index in [2.05, 4.69) is 29.9 Å². The fourth-order valence-electron chi connectivity index (χ4n) is 4.19. The molecule has 1 fully saturated rings. The molecule has 0 amide bonds. The Morgan fingerprint density at radius 1 is 0.974 bits per heavy atom. The van der Waals surface area contributed by atoms with Gasteiger partial charge in [0.2, 0.25) is 0 Å². The molecule has 0 saturated carbocycles. The van der Waals surface area contributed by atoms with Crippen molar-refractivity contribution in [1.82, 2.24) is 19.5 Å². The summed E-state index contributed by atoms with van der Waals surface area (Å²) in [5.74, 6) is 0.222. The van der Waals surface area contributed by atoms with Gasteiger partial charge in [-0.1, -0.05) is 35.6 Å². The Bertz CT molecular complexity index is 1710. The number of fused-ring (bicyclic) bond motifs is 1. The third-order valence-electron chi connectivity index (χ3n) is 6.15. The molecule has 2 aromatic carbocycles. The van der Waals surface area contributed by atoms with Crippen molar-refractivity contribution in [1.29, 1.82) is 0 Å². The van der Waals surface area contributed by atoms with Gasteiger partial charge in [-0.3, -0.25) is 9.52 Å². The van der Waals surface area contributed by atoms with E-state index < -0.39 is 10.0 Å². The maximum absolute atomic E-state index is 12.7. The first-order chi connectivity index (χ1) is 18.9. The summed E-state index contributed by atoms with van der Waals surface area (Å²) in [5.41, 5.74) is 2.37. The highest BCUT2D eigenvalue weighted by Crippen LogP contribution is 2.23. The van der Waals surface area contributed by atoms with Gasteiger partial charge in [0.1, 0.15) is 11.5 Å². The topological polar surface area (TPSA) is 122 Å². The van der Waals surface area contributed by atoms with Crippen LogP contribution in [0.1, 0.15) is 25.0 Å². The molecular weight excluding hydrogens is 534 g/mol. The standard InChI is InChI=1S/C27H25N7O3S2/c35-19-20(18-33-16-6-1-7-17-33)26-27(38)34(24-9-3-2-8-23(24)29-26)32-30-21-11-13-22(14-12-21)39(36,37)31-25-10-4-5-15-28-25/h2-5,8-15,18-19H,1,6-7,16-17H2,(H,28,31)/b20-18+,32-30?. The van der Waals surface area contributed by atoms with E-state index in [-0.39, 0.29) is 15.4 Å². The quantitative estimate of drug-likeness (QED) is 0.130. The number of pyridine rings is 1. The highest BCUT2D eigenvalue weighted by molar-refractivity contribution is 7.92. The summed E-state index contributed by atoms with van der Waals surface area (Å²) in [4.78, 5) is 22.9. The molecule has 0 spiro atoms. The van der Waals surface area contributed by atoms with Gasteiger partial charge < -0.3 is 4.90 Å². The molecule has 39 heavy (non-hydrogen) atoms. The van der Waals surface area contributed by atoms with Crippen LogP contribution >= 0.6 is 12.2 Å². The number of sulfonamides is 1. The first-order valence-electron chi connectivity index (χ1n) is 12.3. The molecule has 5 rings (SSSR count). The number of para-hydroxylation sites is 2. The van der Waals surface area contributed by atoms with Crippen molar-refractivity contribution in [3.63, 3.8) is 0 Å². The van der Waals surface area contributed by atoms with Gasteiger partial charge in [0, 0.05) is 25.5 Å². The smallest absolute Gasteiger partial charge is 0.263 e. The van der Waals surface area contributed by atoms with Crippen molar-refractivity contribution in [2.24, 2.45) is 10.3 Å². The van der Waals surface area contributed by atoms with Crippen LogP contribution in [-0.4, -0.2) is 47.3 Å². The van der Waals surface area contributed by atoms with Crippen molar-refractivity contribution in [2.75, 3.05) is 17.8 Å². The van der Waals surface area contributed by atoms with Gasteiger partial charge >= 0.3 is 0 Å². The number of piperidine rings is 1. The van der Waals surface area contributed by atoms with Gasteiger partial charge in [0.15, 0.2) is 10.9 Å². The van der Waals surface area contributed by atoms with Gasteiger partial charge in [-0.15, -0.1) is 5.11 Å². The minimum atomic E-state index is -3.82. The van der Waals surface area contributed by atoms with Crippen molar-refractivity contribution in [3.05, 3.63) is 89.5 Å². The summed E-state index contributed by atoms with van der Waals surface area (Å²) in [7, 11) is -3.82. The van der Waals surface area contributed by atoms with E-state index in [1.807, 2.05) is 30.5 Å². The van der Waals surface area contributed by atoms with Crippen LogP contribution in [0.3, 0.4) is 0 Å². The summed E-state index contributed by atoms with van der Waals surface area (Å²) in [6.07, 6.45) is 7.40.